The first-order valence-electron chi connectivity index (χ1n) is 6.55. The standard InChI is InChI=1S/C14H18FN5O/c1-20-7-5-12(18-20)4-6-17-9-11-3-2-10(8-13(11)15)14(16)19-21/h2-3,5,7-8,17,21H,4,6,9H2,1H3,(H2,16,19). The van der Waals surface area contributed by atoms with Crippen LogP contribution >= 0.6 is 0 Å². The van der Waals surface area contributed by atoms with E-state index in [1.807, 2.05) is 19.3 Å². The molecule has 0 aliphatic heterocycles. The van der Waals surface area contributed by atoms with Crippen LogP contribution in [0, 0.1) is 5.82 Å². The first kappa shape index (κ1) is 15.0. The highest BCUT2D eigenvalue weighted by molar-refractivity contribution is 5.97. The minimum absolute atomic E-state index is 0.108. The van der Waals surface area contributed by atoms with Gasteiger partial charge < -0.3 is 16.3 Å². The normalized spacial score (nSPS) is 11.8. The Hall–Kier alpha value is -2.41. The molecule has 2 aromatic rings. The molecule has 1 aromatic heterocycles. The van der Waals surface area contributed by atoms with Crippen molar-refractivity contribution in [1.29, 1.82) is 0 Å². The average molecular weight is 291 g/mol. The topological polar surface area (TPSA) is 88.5 Å². The summed E-state index contributed by atoms with van der Waals surface area (Å²) in [5.41, 5.74) is 7.29. The molecule has 0 aliphatic rings. The zero-order valence-corrected chi connectivity index (χ0v) is 11.8. The van der Waals surface area contributed by atoms with Crippen molar-refractivity contribution in [1.82, 2.24) is 15.1 Å². The van der Waals surface area contributed by atoms with E-state index in [-0.39, 0.29) is 11.7 Å². The fourth-order valence-corrected chi connectivity index (χ4v) is 1.94. The van der Waals surface area contributed by atoms with E-state index in [9.17, 15) is 4.39 Å². The molecule has 0 unspecified atom stereocenters. The molecule has 21 heavy (non-hydrogen) atoms. The summed E-state index contributed by atoms with van der Waals surface area (Å²) in [7, 11) is 1.87. The monoisotopic (exact) mass is 291 g/mol. The smallest absolute Gasteiger partial charge is 0.170 e. The van der Waals surface area contributed by atoms with E-state index < -0.39 is 0 Å². The number of rotatable bonds is 6. The molecule has 0 atom stereocenters. The first-order chi connectivity index (χ1) is 10.1. The number of halogens is 1. The Morgan fingerprint density at radius 2 is 2.29 bits per heavy atom. The Balaban J connectivity index is 1.86. The van der Waals surface area contributed by atoms with E-state index in [2.05, 4.69) is 15.6 Å². The van der Waals surface area contributed by atoms with Crippen LogP contribution in [0.4, 0.5) is 4.39 Å². The first-order valence-corrected chi connectivity index (χ1v) is 6.55. The Bertz CT molecular complexity index is 638. The van der Waals surface area contributed by atoms with Crippen molar-refractivity contribution < 1.29 is 9.60 Å². The molecule has 0 fully saturated rings. The molecule has 6 nitrogen and oxygen atoms in total. The van der Waals surface area contributed by atoms with Crippen molar-refractivity contribution in [2.45, 2.75) is 13.0 Å². The molecule has 1 aromatic carbocycles. The molecule has 0 spiro atoms. The van der Waals surface area contributed by atoms with Gasteiger partial charge in [-0.05, 0) is 12.1 Å². The molecule has 1 heterocycles. The van der Waals surface area contributed by atoms with Crippen molar-refractivity contribution in [3.8, 4) is 0 Å². The van der Waals surface area contributed by atoms with Crippen LogP contribution in [0.25, 0.3) is 0 Å². The van der Waals surface area contributed by atoms with Crippen molar-refractivity contribution >= 4 is 5.84 Å². The van der Waals surface area contributed by atoms with Crippen LogP contribution in [0.1, 0.15) is 16.8 Å². The molecule has 2 rings (SSSR count). The van der Waals surface area contributed by atoms with Crippen LogP contribution in [-0.4, -0.2) is 27.4 Å². The highest BCUT2D eigenvalue weighted by Crippen LogP contribution is 2.10. The summed E-state index contributed by atoms with van der Waals surface area (Å²) >= 11 is 0. The van der Waals surface area contributed by atoms with Crippen LogP contribution in [0.3, 0.4) is 0 Å². The van der Waals surface area contributed by atoms with E-state index in [0.717, 1.165) is 12.1 Å². The predicted molar refractivity (Wildman–Crippen MR) is 77.5 cm³/mol. The van der Waals surface area contributed by atoms with Gasteiger partial charge in [-0.1, -0.05) is 17.3 Å². The molecular formula is C14H18FN5O. The molecule has 0 amide bonds. The van der Waals surface area contributed by atoms with Gasteiger partial charge in [-0.15, -0.1) is 0 Å². The number of oxime groups is 1. The van der Waals surface area contributed by atoms with Crippen LogP contribution < -0.4 is 11.1 Å². The Morgan fingerprint density at radius 3 is 2.90 bits per heavy atom. The van der Waals surface area contributed by atoms with Gasteiger partial charge >= 0.3 is 0 Å². The maximum atomic E-state index is 13.9. The number of amidine groups is 1. The van der Waals surface area contributed by atoms with Gasteiger partial charge in [-0.25, -0.2) is 4.39 Å². The molecular weight excluding hydrogens is 273 g/mol. The fraction of sp³-hybridized carbons (Fsp3) is 0.286. The van der Waals surface area contributed by atoms with Gasteiger partial charge in [0.2, 0.25) is 0 Å². The van der Waals surface area contributed by atoms with Gasteiger partial charge in [0.15, 0.2) is 5.84 Å². The predicted octanol–water partition coefficient (Wildman–Crippen LogP) is 0.986. The molecule has 0 saturated heterocycles. The van der Waals surface area contributed by atoms with E-state index in [1.54, 1.807) is 16.8 Å². The Morgan fingerprint density at radius 1 is 1.48 bits per heavy atom. The Kier molecular flexibility index (Phi) is 4.89. The molecule has 0 saturated carbocycles. The third-order valence-electron chi connectivity index (χ3n) is 3.10. The van der Waals surface area contributed by atoms with E-state index in [0.29, 0.717) is 24.2 Å². The fourth-order valence-electron chi connectivity index (χ4n) is 1.94. The lowest BCUT2D eigenvalue weighted by Crippen LogP contribution is -2.18. The number of benzene rings is 1. The second-order valence-corrected chi connectivity index (χ2v) is 4.70. The number of aromatic nitrogens is 2. The summed E-state index contributed by atoms with van der Waals surface area (Å²) in [5, 5.41) is 18.8. The SMILES string of the molecule is Cn1ccc(CCNCc2ccc(/C(N)=N/O)cc2F)n1. The van der Waals surface area contributed by atoms with Gasteiger partial charge in [0.05, 0.1) is 5.69 Å². The molecule has 4 N–H and O–H groups in total. The minimum atomic E-state index is -0.385. The lowest BCUT2D eigenvalue weighted by Gasteiger charge is -2.07. The van der Waals surface area contributed by atoms with Crippen molar-refractivity contribution in [2.24, 2.45) is 17.9 Å². The number of aryl methyl sites for hydroxylation is 1. The second kappa shape index (κ2) is 6.85. The highest BCUT2D eigenvalue weighted by Gasteiger charge is 2.06. The quantitative estimate of drug-likeness (QED) is 0.243. The van der Waals surface area contributed by atoms with Crippen LogP contribution in [0.5, 0.6) is 0 Å². The zero-order valence-electron chi connectivity index (χ0n) is 11.8. The lowest BCUT2D eigenvalue weighted by atomic mass is 10.1. The van der Waals surface area contributed by atoms with Crippen molar-refractivity contribution in [3.63, 3.8) is 0 Å². The molecule has 7 heteroatoms. The summed E-state index contributed by atoms with van der Waals surface area (Å²) < 4.78 is 15.6. The van der Waals surface area contributed by atoms with Gasteiger partial charge in [-0.2, -0.15) is 5.10 Å². The maximum Gasteiger partial charge on any atom is 0.170 e. The summed E-state index contributed by atoms with van der Waals surface area (Å²) in [6.07, 6.45) is 2.67. The number of hydrogen-bond donors (Lipinski definition) is 3. The summed E-state index contributed by atoms with van der Waals surface area (Å²) in [4.78, 5) is 0. The summed E-state index contributed by atoms with van der Waals surface area (Å²) in [6, 6.07) is 6.45. The Labute approximate surface area is 122 Å². The van der Waals surface area contributed by atoms with E-state index in [4.69, 9.17) is 10.9 Å². The second-order valence-electron chi connectivity index (χ2n) is 4.70. The zero-order chi connectivity index (χ0) is 15.2. The largest absolute Gasteiger partial charge is 0.409 e. The number of nitrogens with two attached hydrogens (primary N) is 1. The molecule has 112 valence electrons. The van der Waals surface area contributed by atoms with E-state index >= 15 is 0 Å². The minimum Gasteiger partial charge on any atom is -0.409 e. The third-order valence-corrected chi connectivity index (χ3v) is 3.10. The van der Waals surface area contributed by atoms with Gasteiger partial charge in [-0.3, -0.25) is 4.68 Å². The van der Waals surface area contributed by atoms with Gasteiger partial charge in [0, 0.05) is 43.9 Å². The molecule has 0 bridgehead atoms. The number of nitrogens with one attached hydrogen (secondary N) is 1. The average Bonchev–Trinajstić information content (AvgIpc) is 2.89. The summed E-state index contributed by atoms with van der Waals surface area (Å²) in [5.74, 6) is -0.493. The van der Waals surface area contributed by atoms with Gasteiger partial charge in [0.1, 0.15) is 5.82 Å². The van der Waals surface area contributed by atoms with Crippen molar-refractivity contribution in [3.05, 3.63) is 53.1 Å². The van der Waals surface area contributed by atoms with E-state index in [1.165, 1.54) is 6.07 Å². The van der Waals surface area contributed by atoms with Crippen LogP contribution in [0.2, 0.25) is 0 Å². The van der Waals surface area contributed by atoms with Crippen molar-refractivity contribution in [2.75, 3.05) is 6.54 Å². The summed E-state index contributed by atoms with van der Waals surface area (Å²) in [6.45, 7) is 1.12. The highest BCUT2D eigenvalue weighted by atomic mass is 19.1. The molecule has 0 aliphatic carbocycles. The lowest BCUT2D eigenvalue weighted by molar-refractivity contribution is 0.318. The van der Waals surface area contributed by atoms with Crippen LogP contribution in [-0.2, 0) is 20.0 Å². The number of nitrogens with zero attached hydrogens (tertiary/aromatic N) is 3. The van der Waals surface area contributed by atoms with Crippen LogP contribution in [0.15, 0.2) is 35.6 Å². The third kappa shape index (κ3) is 4.03. The number of hydrogen-bond acceptors (Lipinski definition) is 4. The molecule has 0 radical (unpaired) electrons. The maximum absolute atomic E-state index is 13.9. The van der Waals surface area contributed by atoms with Gasteiger partial charge in [0.25, 0.3) is 0 Å².